The van der Waals surface area contributed by atoms with Gasteiger partial charge in [-0.25, -0.2) is 0 Å². The number of pyridine rings is 1. The number of nitrogens with two attached hydrogens (primary N) is 1. The number of nitrogens with zero attached hydrogens (tertiary/aromatic N) is 3. The Morgan fingerprint density at radius 2 is 1.78 bits per heavy atom. The van der Waals surface area contributed by atoms with Gasteiger partial charge in [-0.1, -0.05) is 24.3 Å². The normalized spacial score (nSPS) is 11.0. The number of aromatic nitrogens is 3. The molecule has 0 fully saturated rings. The fourth-order valence-corrected chi connectivity index (χ4v) is 2.08. The molecule has 2 heterocycles. The third-order valence-corrected chi connectivity index (χ3v) is 3.22. The largest absolute Gasteiger partial charge is 0.395 e. The summed E-state index contributed by atoms with van der Waals surface area (Å²) in [6, 6.07) is 10.1. The van der Waals surface area contributed by atoms with E-state index in [0.29, 0.717) is 11.3 Å². The van der Waals surface area contributed by atoms with Gasteiger partial charge in [0.15, 0.2) is 11.5 Å². The molecule has 0 amide bonds. The lowest BCUT2D eigenvalue weighted by molar-refractivity contribution is 1.11. The fraction of sp³-hybridized carbons (Fsp3) is 0.143. The van der Waals surface area contributed by atoms with E-state index in [1.165, 1.54) is 5.56 Å². The average molecular weight is 238 g/mol. The van der Waals surface area contributed by atoms with Crippen LogP contribution in [0.2, 0.25) is 0 Å². The molecule has 2 N–H and O–H groups in total. The topological polar surface area (TPSA) is 56.2 Å². The van der Waals surface area contributed by atoms with E-state index < -0.39 is 0 Å². The van der Waals surface area contributed by atoms with Gasteiger partial charge >= 0.3 is 0 Å². The molecule has 0 aliphatic rings. The number of benzene rings is 1. The lowest BCUT2D eigenvalue weighted by atomic mass is 10.1. The molecule has 0 saturated carbocycles. The van der Waals surface area contributed by atoms with E-state index in [1.54, 1.807) is 0 Å². The molecule has 90 valence electrons. The third kappa shape index (κ3) is 1.46. The fourth-order valence-electron chi connectivity index (χ4n) is 2.08. The van der Waals surface area contributed by atoms with Crippen LogP contribution in [0.5, 0.6) is 0 Å². The zero-order valence-corrected chi connectivity index (χ0v) is 10.4. The van der Waals surface area contributed by atoms with Gasteiger partial charge in [-0.05, 0) is 31.0 Å². The molecule has 3 aromatic rings. The first kappa shape index (κ1) is 10.8. The maximum atomic E-state index is 6.02. The summed E-state index contributed by atoms with van der Waals surface area (Å²) in [5.41, 5.74) is 10.7. The van der Waals surface area contributed by atoms with Gasteiger partial charge in [0.2, 0.25) is 0 Å². The summed E-state index contributed by atoms with van der Waals surface area (Å²) in [5.74, 6) is 0.829. The molecule has 1 aromatic carbocycles. The number of hydrogen-bond donors (Lipinski definition) is 1. The van der Waals surface area contributed by atoms with Crippen molar-refractivity contribution in [3.05, 3.63) is 47.7 Å². The van der Waals surface area contributed by atoms with Gasteiger partial charge in [0.25, 0.3) is 0 Å². The zero-order valence-electron chi connectivity index (χ0n) is 10.4. The Morgan fingerprint density at radius 3 is 2.56 bits per heavy atom. The van der Waals surface area contributed by atoms with Crippen molar-refractivity contribution in [1.82, 2.24) is 14.6 Å². The van der Waals surface area contributed by atoms with Crippen LogP contribution in [0, 0.1) is 13.8 Å². The lowest BCUT2D eigenvalue weighted by Gasteiger charge is -2.05. The quantitative estimate of drug-likeness (QED) is 0.709. The summed E-state index contributed by atoms with van der Waals surface area (Å²) >= 11 is 0. The van der Waals surface area contributed by atoms with Crippen molar-refractivity contribution in [3.8, 4) is 11.4 Å². The number of rotatable bonds is 1. The molecule has 3 rings (SSSR count). The van der Waals surface area contributed by atoms with E-state index >= 15 is 0 Å². The summed E-state index contributed by atoms with van der Waals surface area (Å²) in [6.07, 6.45) is 1.96. The molecule has 0 saturated heterocycles. The van der Waals surface area contributed by atoms with Gasteiger partial charge in [-0.2, -0.15) is 0 Å². The minimum atomic E-state index is 0.685. The Morgan fingerprint density at radius 1 is 1.00 bits per heavy atom. The van der Waals surface area contributed by atoms with E-state index in [-0.39, 0.29) is 0 Å². The Kier molecular flexibility index (Phi) is 2.30. The van der Waals surface area contributed by atoms with Gasteiger partial charge in [0.05, 0.1) is 5.69 Å². The van der Waals surface area contributed by atoms with Crippen LogP contribution in [0.15, 0.2) is 36.5 Å². The number of nitrogen functional groups attached to an aromatic ring is 1. The zero-order chi connectivity index (χ0) is 12.7. The second-order valence-corrected chi connectivity index (χ2v) is 4.44. The monoisotopic (exact) mass is 238 g/mol. The van der Waals surface area contributed by atoms with E-state index in [4.69, 9.17) is 5.73 Å². The first-order valence-corrected chi connectivity index (χ1v) is 5.84. The maximum absolute atomic E-state index is 6.02. The lowest BCUT2D eigenvalue weighted by Crippen LogP contribution is -1.97. The molecule has 0 atom stereocenters. The molecular formula is C14H14N4. The first-order chi connectivity index (χ1) is 8.68. The van der Waals surface area contributed by atoms with E-state index in [1.807, 2.05) is 41.8 Å². The first-order valence-electron chi connectivity index (χ1n) is 5.84. The van der Waals surface area contributed by atoms with Gasteiger partial charge in [0.1, 0.15) is 0 Å². The van der Waals surface area contributed by atoms with Crippen LogP contribution in [0.25, 0.3) is 17.0 Å². The minimum absolute atomic E-state index is 0.685. The SMILES string of the molecule is Cc1ccccc1-c1nnc2c(N)c(C)ccn12. The van der Waals surface area contributed by atoms with Crippen molar-refractivity contribution in [2.75, 3.05) is 5.73 Å². The average Bonchev–Trinajstić information content (AvgIpc) is 2.79. The van der Waals surface area contributed by atoms with Crippen molar-refractivity contribution in [2.24, 2.45) is 0 Å². The molecular weight excluding hydrogens is 224 g/mol. The van der Waals surface area contributed by atoms with Crippen LogP contribution >= 0.6 is 0 Å². The number of aryl methyl sites for hydroxylation is 2. The van der Waals surface area contributed by atoms with E-state index in [0.717, 1.165) is 17.0 Å². The molecule has 4 nitrogen and oxygen atoms in total. The van der Waals surface area contributed by atoms with E-state index in [9.17, 15) is 0 Å². The van der Waals surface area contributed by atoms with Crippen LogP contribution < -0.4 is 5.73 Å². The van der Waals surface area contributed by atoms with Gasteiger partial charge in [-0.15, -0.1) is 10.2 Å². The summed E-state index contributed by atoms with van der Waals surface area (Å²) in [7, 11) is 0. The van der Waals surface area contributed by atoms with Crippen molar-refractivity contribution >= 4 is 11.3 Å². The van der Waals surface area contributed by atoms with E-state index in [2.05, 4.69) is 23.2 Å². The number of anilines is 1. The van der Waals surface area contributed by atoms with Crippen LogP contribution in [-0.4, -0.2) is 14.6 Å². The summed E-state index contributed by atoms with van der Waals surface area (Å²) in [6.45, 7) is 4.03. The van der Waals surface area contributed by atoms with Gasteiger partial charge in [0, 0.05) is 11.8 Å². The van der Waals surface area contributed by atoms with Crippen molar-refractivity contribution in [3.63, 3.8) is 0 Å². The van der Waals surface area contributed by atoms with Crippen molar-refractivity contribution < 1.29 is 0 Å². The molecule has 2 aromatic heterocycles. The summed E-state index contributed by atoms with van der Waals surface area (Å²) in [4.78, 5) is 0. The van der Waals surface area contributed by atoms with Crippen LogP contribution in [0.4, 0.5) is 5.69 Å². The standard InChI is InChI=1S/C14H14N4/c1-9-5-3-4-6-11(9)13-16-17-14-12(15)10(2)7-8-18(13)14/h3-8H,15H2,1-2H3. The molecule has 18 heavy (non-hydrogen) atoms. The van der Waals surface area contributed by atoms with Crippen LogP contribution in [-0.2, 0) is 0 Å². The number of fused-ring (bicyclic) bond motifs is 1. The molecule has 0 aliphatic heterocycles. The molecule has 0 radical (unpaired) electrons. The van der Waals surface area contributed by atoms with Crippen molar-refractivity contribution in [2.45, 2.75) is 13.8 Å². The predicted molar refractivity (Wildman–Crippen MR) is 72.3 cm³/mol. The highest BCUT2D eigenvalue weighted by molar-refractivity contribution is 5.72. The summed E-state index contributed by atoms with van der Waals surface area (Å²) < 4.78 is 1.94. The van der Waals surface area contributed by atoms with Crippen molar-refractivity contribution in [1.29, 1.82) is 0 Å². The van der Waals surface area contributed by atoms with Gasteiger partial charge < -0.3 is 5.73 Å². The summed E-state index contributed by atoms with van der Waals surface area (Å²) in [5, 5.41) is 8.45. The third-order valence-electron chi connectivity index (χ3n) is 3.22. The van der Waals surface area contributed by atoms with Crippen LogP contribution in [0.3, 0.4) is 0 Å². The molecule has 0 bridgehead atoms. The minimum Gasteiger partial charge on any atom is -0.395 e. The second kappa shape index (κ2) is 3.84. The highest BCUT2D eigenvalue weighted by atomic mass is 15.2. The smallest absolute Gasteiger partial charge is 0.184 e. The Balaban J connectivity index is 2.32. The highest BCUT2D eigenvalue weighted by Crippen LogP contribution is 2.25. The Labute approximate surface area is 105 Å². The second-order valence-electron chi connectivity index (χ2n) is 4.44. The highest BCUT2D eigenvalue weighted by Gasteiger charge is 2.12. The Hall–Kier alpha value is -2.36. The molecule has 4 heteroatoms. The van der Waals surface area contributed by atoms with Crippen LogP contribution in [0.1, 0.15) is 11.1 Å². The van der Waals surface area contributed by atoms with Gasteiger partial charge in [-0.3, -0.25) is 4.40 Å². The molecule has 0 unspecified atom stereocenters. The Bertz CT molecular complexity index is 728. The predicted octanol–water partition coefficient (Wildman–Crippen LogP) is 2.60. The molecule has 0 aliphatic carbocycles. The number of hydrogen-bond acceptors (Lipinski definition) is 3. The maximum Gasteiger partial charge on any atom is 0.184 e. The molecule has 0 spiro atoms.